The second-order valence-corrected chi connectivity index (χ2v) is 12.0. The summed E-state index contributed by atoms with van der Waals surface area (Å²) in [6.07, 6.45) is 5.72. The van der Waals surface area contributed by atoms with E-state index >= 15 is 0 Å². The SMILES string of the molecule is NCCCCC(N)C(=O)NC(Cc1c[nH]c2ccccc12)C(=O)NC(Cc1c[nH]c2ccccc12)C(=O)NC(CCCN=C(N)N)C(=O)O. The van der Waals surface area contributed by atoms with Crippen molar-refractivity contribution in [1.29, 1.82) is 0 Å². The molecule has 2 aromatic heterocycles. The second kappa shape index (κ2) is 17.7. The number of hydrogen-bond donors (Lipinski definition) is 10. The van der Waals surface area contributed by atoms with E-state index in [4.69, 9.17) is 22.9 Å². The van der Waals surface area contributed by atoms with Crippen molar-refractivity contribution < 1.29 is 24.3 Å². The summed E-state index contributed by atoms with van der Waals surface area (Å²) in [6, 6.07) is 10.6. The molecule has 4 rings (SSSR count). The van der Waals surface area contributed by atoms with Gasteiger partial charge in [-0.2, -0.15) is 0 Å². The first-order valence-corrected chi connectivity index (χ1v) is 16.3. The molecule has 0 aliphatic rings. The highest BCUT2D eigenvalue weighted by Crippen LogP contribution is 2.21. The summed E-state index contributed by atoms with van der Waals surface area (Å²) in [6.45, 7) is 0.653. The van der Waals surface area contributed by atoms with Crippen molar-refractivity contribution in [2.24, 2.45) is 27.9 Å². The summed E-state index contributed by atoms with van der Waals surface area (Å²) in [5, 5.41) is 19.8. The van der Waals surface area contributed by atoms with Crippen LogP contribution < -0.4 is 38.9 Å². The highest BCUT2D eigenvalue weighted by molar-refractivity contribution is 5.95. The Morgan fingerprint density at radius 2 is 1.22 bits per heavy atom. The monoisotopic (exact) mass is 674 g/mol. The van der Waals surface area contributed by atoms with Crippen LogP contribution >= 0.6 is 0 Å². The van der Waals surface area contributed by atoms with E-state index < -0.39 is 47.9 Å². The fourth-order valence-corrected chi connectivity index (χ4v) is 5.68. The molecule has 0 saturated carbocycles. The van der Waals surface area contributed by atoms with E-state index in [0.29, 0.717) is 32.2 Å². The Balaban J connectivity index is 1.60. The Labute approximate surface area is 283 Å². The number of nitrogens with one attached hydrogen (secondary N) is 5. The fraction of sp³-hybridized carbons (Fsp3) is 0.382. The summed E-state index contributed by atoms with van der Waals surface area (Å²) in [4.78, 5) is 63.4. The normalized spacial score (nSPS) is 13.7. The topological polar surface area (TPSA) is 273 Å². The molecule has 262 valence electrons. The fourth-order valence-electron chi connectivity index (χ4n) is 5.68. The Bertz CT molecular complexity index is 1760. The molecule has 0 spiro atoms. The van der Waals surface area contributed by atoms with Gasteiger partial charge in [0.1, 0.15) is 18.1 Å². The van der Waals surface area contributed by atoms with Crippen LogP contribution in [0, 0.1) is 0 Å². The minimum absolute atomic E-state index is 0.0360. The average Bonchev–Trinajstić information content (AvgIpc) is 3.69. The number of aromatic nitrogens is 2. The molecule has 4 atom stereocenters. The zero-order valence-corrected chi connectivity index (χ0v) is 27.3. The summed E-state index contributed by atoms with van der Waals surface area (Å²) in [7, 11) is 0. The molecule has 2 heterocycles. The number of aromatic amines is 2. The molecule has 0 saturated heterocycles. The van der Waals surface area contributed by atoms with Crippen molar-refractivity contribution in [2.45, 2.75) is 69.1 Å². The van der Waals surface area contributed by atoms with E-state index in [2.05, 4.69) is 30.9 Å². The molecule has 0 aliphatic heterocycles. The van der Waals surface area contributed by atoms with Crippen molar-refractivity contribution >= 4 is 51.5 Å². The second-order valence-electron chi connectivity index (χ2n) is 12.0. The van der Waals surface area contributed by atoms with E-state index in [9.17, 15) is 24.3 Å². The van der Waals surface area contributed by atoms with Gasteiger partial charge < -0.3 is 54.0 Å². The molecule has 0 bridgehead atoms. The predicted octanol–water partition coefficient (Wildman–Crippen LogP) is 0.483. The Hall–Kier alpha value is -5.41. The number of fused-ring (bicyclic) bond motifs is 2. The van der Waals surface area contributed by atoms with Crippen molar-refractivity contribution in [2.75, 3.05) is 13.1 Å². The Morgan fingerprint density at radius 1 is 0.714 bits per heavy atom. The Morgan fingerprint density at radius 3 is 1.73 bits per heavy atom. The van der Waals surface area contributed by atoms with Crippen molar-refractivity contribution in [3.05, 3.63) is 72.1 Å². The number of nitrogens with two attached hydrogens (primary N) is 4. The number of hydrogen-bond acceptors (Lipinski definition) is 7. The maximum atomic E-state index is 14.1. The number of rotatable bonds is 19. The number of H-pyrrole nitrogens is 2. The molecule has 3 amide bonds. The molecule has 15 heteroatoms. The molecule has 0 radical (unpaired) electrons. The zero-order chi connectivity index (χ0) is 35.3. The average molecular weight is 675 g/mol. The van der Waals surface area contributed by atoms with E-state index in [1.807, 2.05) is 48.5 Å². The van der Waals surface area contributed by atoms with E-state index in [0.717, 1.165) is 32.9 Å². The highest BCUT2D eigenvalue weighted by atomic mass is 16.4. The first kappa shape index (κ1) is 36.4. The van der Waals surface area contributed by atoms with Crippen LogP contribution in [0.1, 0.15) is 43.2 Å². The molecular formula is C34H46N10O5. The largest absolute Gasteiger partial charge is 0.480 e. The predicted molar refractivity (Wildman–Crippen MR) is 188 cm³/mol. The minimum atomic E-state index is -1.27. The van der Waals surface area contributed by atoms with Crippen LogP contribution in [-0.4, -0.2) is 82.0 Å². The standard InChI is InChI=1S/C34H46N10O5/c35-14-6-5-10-24(36)30(45)43-28(16-20-18-40-25-11-3-1-8-22(20)25)32(47)44-29(17-21-19-41-26-12-4-2-9-23(21)26)31(46)42-27(33(48)49)13-7-15-39-34(37)38/h1-4,8-9,11-12,18-19,24,27-29,40-41H,5-7,10,13-17,35-36H2,(H,42,46)(H,43,45)(H,44,47)(H,48,49)(H4,37,38,39). The zero-order valence-electron chi connectivity index (χ0n) is 27.3. The summed E-state index contributed by atoms with van der Waals surface area (Å²) < 4.78 is 0. The third-order valence-corrected chi connectivity index (χ3v) is 8.33. The smallest absolute Gasteiger partial charge is 0.326 e. The van der Waals surface area contributed by atoms with Gasteiger partial charge in [0.2, 0.25) is 17.7 Å². The quantitative estimate of drug-likeness (QED) is 0.0376. The maximum Gasteiger partial charge on any atom is 0.326 e. The van der Waals surface area contributed by atoms with Gasteiger partial charge in [-0.05, 0) is 55.5 Å². The number of carbonyl (C=O) groups excluding carboxylic acids is 3. The maximum absolute atomic E-state index is 14.1. The number of carbonyl (C=O) groups is 4. The summed E-state index contributed by atoms with van der Waals surface area (Å²) in [5.41, 5.74) is 25.7. The van der Waals surface area contributed by atoms with Gasteiger partial charge >= 0.3 is 5.97 Å². The lowest BCUT2D eigenvalue weighted by atomic mass is 10.0. The number of guanidine groups is 1. The lowest BCUT2D eigenvalue weighted by Crippen LogP contribution is -2.58. The van der Waals surface area contributed by atoms with Crippen molar-refractivity contribution in [3.8, 4) is 0 Å². The number of aliphatic carboxylic acids is 1. The van der Waals surface area contributed by atoms with Gasteiger partial charge in [0.15, 0.2) is 5.96 Å². The van der Waals surface area contributed by atoms with Crippen LogP contribution in [-0.2, 0) is 32.0 Å². The van der Waals surface area contributed by atoms with E-state index in [1.54, 1.807) is 12.4 Å². The molecule has 4 aromatic rings. The van der Waals surface area contributed by atoms with E-state index in [-0.39, 0.29) is 31.8 Å². The van der Waals surface area contributed by atoms with Gasteiger partial charge in [-0.25, -0.2) is 4.79 Å². The van der Waals surface area contributed by atoms with Gasteiger partial charge in [-0.3, -0.25) is 19.4 Å². The van der Waals surface area contributed by atoms with Crippen LogP contribution in [0.15, 0.2) is 65.9 Å². The first-order valence-electron chi connectivity index (χ1n) is 16.3. The third-order valence-electron chi connectivity index (χ3n) is 8.33. The molecular weight excluding hydrogens is 628 g/mol. The van der Waals surface area contributed by atoms with E-state index in [1.165, 1.54) is 0 Å². The van der Waals surface area contributed by atoms with Gasteiger partial charge in [0.05, 0.1) is 6.04 Å². The first-order chi connectivity index (χ1) is 23.6. The van der Waals surface area contributed by atoms with Gasteiger partial charge in [-0.15, -0.1) is 0 Å². The lowest BCUT2D eigenvalue weighted by Gasteiger charge is -2.25. The lowest BCUT2D eigenvalue weighted by molar-refractivity contribution is -0.142. The highest BCUT2D eigenvalue weighted by Gasteiger charge is 2.31. The van der Waals surface area contributed by atoms with Crippen LogP contribution in [0.25, 0.3) is 21.8 Å². The number of benzene rings is 2. The summed E-state index contributed by atoms with van der Waals surface area (Å²) in [5.74, 6) is -3.22. The number of para-hydroxylation sites is 2. The molecule has 2 aromatic carbocycles. The van der Waals surface area contributed by atoms with Gasteiger partial charge in [-0.1, -0.05) is 42.8 Å². The molecule has 0 fully saturated rings. The van der Waals surface area contributed by atoms with Gasteiger partial charge in [0.25, 0.3) is 0 Å². The number of carboxylic acid groups (broad SMARTS) is 1. The van der Waals surface area contributed by atoms with Crippen LogP contribution in [0.5, 0.6) is 0 Å². The number of unbranched alkanes of at least 4 members (excludes halogenated alkanes) is 1. The van der Waals surface area contributed by atoms with Crippen LogP contribution in [0.2, 0.25) is 0 Å². The Kier molecular flexibility index (Phi) is 13.1. The molecule has 4 unspecified atom stereocenters. The number of nitrogens with zero attached hydrogens (tertiary/aromatic N) is 1. The number of carboxylic acids is 1. The van der Waals surface area contributed by atoms with Crippen molar-refractivity contribution in [3.63, 3.8) is 0 Å². The van der Waals surface area contributed by atoms with Crippen LogP contribution in [0.4, 0.5) is 0 Å². The minimum Gasteiger partial charge on any atom is -0.480 e. The molecule has 49 heavy (non-hydrogen) atoms. The van der Waals surface area contributed by atoms with Crippen LogP contribution in [0.3, 0.4) is 0 Å². The number of aliphatic imine (C=N–C) groups is 1. The van der Waals surface area contributed by atoms with Gasteiger partial charge in [0, 0.05) is 53.6 Å². The molecule has 14 N–H and O–H groups in total. The third kappa shape index (κ3) is 10.3. The van der Waals surface area contributed by atoms with Crippen molar-refractivity contribution in [1.82, 2.24) is 25.9 Å². The molecule has 15 nitrogen and oxygen atoms in total. The summed E-state index contributed by atoms with van der Waals surface area (Å²) >= 11 is 0. The molecule has 0 aliphatic carbocycles. The number of amides is 3.